The van der Waals surface area contributed by atoms with Gasteiger partial charge in [-0.05, 0) is 55.7 Å². The molecule has 0 amide bonds. The van der Waals surface area contributed by atoms with Crippen molar-refractivity contribution in [1.82, 2.24) is 5.32 Å². The lowest BCUT2D eigenvalue weighted by Crippen LogP contribution is -2.43. The van der Waals surface area contributed by atoms with E-state index in [4.69, 9.17) is 43.8 Å². The van der Waals surface area contributed by atoms with Crippen molar-refractivity contribution in [1.29, 1.82) is 0 Å². The first-order valence-corrected chi connectivity index (χ1v) is 10.8. The number of carbonyl (C=O) groups is 2. The van der Waals surface area contributed by atoms with Gasteiger partial charge < -0.3 is 40.9 Å². The van der Waals surface area contributed by atoms with Crippen LogP contribution in [0.2, 0.25) is 0 Å². The summed E-state index contributed by atoms with van der Waals surface area (Å²) in [7, 11) is 0. The van der Waals surface area contributed by atoms with E-state index in [0.29, 0.717) is 5.11 Å². The summed E-state index contributed by atoms with van der Waals surface area (Å²) in [6.45, 7) is 0.698. The Labute approximate surface area is 197 Å². The largest absolute Gasteiger partial charge is 0.508 e. The molecule has 3 atom stereocenters. The van der Waals surface area contributed by atoms with Gasteiger partial charge in [-0.3, -0.25) is 9.59 Å². The van der Waals surface area contributed by atoms with Gasteiger partial charge in [-0.2, -0.15) is 0 Å². The highest BCUT2D eigenvalue weighted by atomic mass is 32.1. The fourth-order valence-corrected chi connectivity index (χ4v) is 3.07. The number of benzene rings is 1. The maximum Gasteiger partial charge on any atom is 0.317 e. The Bertz CT molecular complexity index is 798. The topological polar surface area (TPSA) is 169 Å². The SMILES string of the molecule is C#CCCCCNC(=S)Nc1ccc(O)cc1.O=C(O)C(C[C@@H]1CC(O)C(O)CO1)C(=O)O. The number of rotatable bonds is 9. The molecule has 33 heavy (non-hydrogen) atoms. The minimum absolute atomic E-state index is 0.0399. The number of aliphatic hydroxyl groups excluding tert-OH is 2. The van der Waals surface area contributed by atoms with Crippen LogP contribution >= 0.6 is 12.2 Å². The average molecular weight is 483 g/mol. The fourth-order valence-electron chi connectivity index (χ4n) is 2.85. The molecule has 0 radical (unpaired) electrons. The van der Waals surface area contributed by atoms with E-state index in [9.17, 15) is 14.7 Å². The molecule has 1 heterocycles. The summed E-state index contributed by atoms with van der Waals surface area (Å²) in [6.07, 6.45) is 5.14. The quantitative estimate of drug-likeness (QED) is 0.0886. The number of terminal acetylenes is 1. The standard InChI is InChI=1S/C13H16N2OS.C9H14O7/c1-2-3-4-5-10-14-13(17)15-11-6-8-12(16)9-7-11;10-6-2-4(16-3-7(6)11)1-5(8(12)13)9(14)15/h1,6-9,16H,3-5,10H2,(H2,14,15,17);4-7,10-11H,1-3H2,(H,12,13)(H,14,15)/t;4-,6?,7?/m.1/s1. The number of phenolic OH excluding ortho intramolecular Hbond substituents is 1. The molecule has 11 heteroatoms. The number of unbranched alkanes of at least 4 members (excludes halogenated alkanes) is 2. The number of thiocarbonyl (C=S) groups is 1. The molecule has 0 aliphatic carbocycles. The number of hydrogen-bond donors (Lipinski definition) is 7. The summed E-state index contributed by atoms with van der Waals surface area (Å²) in [5.41, 5.74) is 0.851. The molecule has 1 aliphatic rings. The smallest absolute Gasteiger partial charge is 0.317 e. The number of carboxylic acid groups (broad SMARTS) is 2. The fraction of sp³-hybridized carbons (Fsp3) is 0.500. The van der Waals surface area contributed by atoms with Crippen molar-refractivity contribution in [3.05, 3.63) is 24.3 Å². The van der Waals surface area contributed by atoms with Crippen molar-refractivity contribution < 1.29 is 39.9 Å². The van der Waals surface area contributed by atoms with Crippen LogP contribution in [-0.4, -0.2) is 74.0 Å². The molecule has 182 valence electrons. The lowest BCUT2D eigenvalue weighted by atomic mass is 9.94. The lowest BCUT2D eigenvalue weighted by Gasteiger charge is -2.31. The first-order valence-electron chi connectivity index (χ1n) is 10.3. The van der Waals surface area contributed by atoms with E-state index in [1.165, 1.54) is 0 Å². The molecule has 2 unspecified atom stereocenters. The normalized spacial score (nSPS) is 19.5. The molecule has 7 N–H and O–H groups in total. The second-order valence-electron chi connectivity index (χ2n) is 7.38. The predicted molar refractivity (Wildman–Crippen MR) is 125 cm³/mol. The Balaban J connectivity index is 0.000000331. The molecule has 1 fully saturated rings. The third-order valence-corrected chi connectivity index (χ3v) is 4.95. The molecule has 0 spiro atoms. The highest BCUT2D eigenvalue weighted by molar-refractivity contribution is 7.80. The van der Waals surface area contributed by atoms with Crippen LogP contribution in [0.3, 0.4) is 0 Å². The van der Waals surface area contributed by atoms with Crippen molar-refractivity contribution in [3.8, 4) is 18.1 Å². The van der Waals surface area contributed by atoms with Crippen LogP contribution in [0.25, 0.3) is 0 Å². The summed E-state index contributed by atoms with van der Waals surface area (Å²) in [4.78, 5) is 21.2. The maximum absolute atomic E-state index is 10.6. The number of hydrogen-bond acceptors (Lipinski definition) is 7. The number of carboxylic acids is 2. The number of aliphatic hydroxyl groups is 2. The van der Waals surface area contributed by atoms with Crippen LogP contribution in [0.1, 0.15) is 32.1 Å². The Hall–Kier alpha value is -2.91. The zero-order valence-electron chi connectivity index (χ0n) is 18.0. The Morgan fingerprint density at radius 2 is 1.79 bits per heavy atom. The summed E-state index contributed by atoms with van der Waals surface area (Å²) >= 11 is 5.12. The van der Waals surface area contributed by atoms with Gasteiger partial charge in [0.2, 0.25) is 0 Å². The molecule has 1 aromatic carbocycles. The molecule has 0 saturated carbocycles. The van der Waals surface area contributed by atoms with E-state index >= 15 is 0 Å². The van der Waals surface area contributed by atoms with Gasteiger partial charge in [-0.1, -0.05) is 0 Å². The van der Waals surface area contributed by atoms with Crippen molar-refractivity contribution in [3.63, 3.8) is 0 Å². The monoisotopic (exact) mass is 482 g/mol. The van der Waals surface area contributed by atoms with Crippen LogP contribution in [0.4, 0.5) is 5.69 Å². The highest BCUT2D eigenvalue weighted by Crippen LogP contribution is 2.21. The Morgan fingerprint density at radius 1 is 1.15 bits per heavy atom. The van der Waals surface area contributed by atoms with E-state index in [1.54, 1.807) is 24.3 Å². The van der Waals surface area contributed by atoms with Crippen molar-refractivity contribution in [2.24, 2.45) is 5.92 Å². The highest BCUT2D eigenvalue weighted by Gasteiger charge is 2.34. The van der Waals surface area contributed by atoms with Crippen LogP contribution in [0.15, 0.2) is 24.3 Å². The van der Waals surface area contributed by atoms with Crippen LogP contribution in [0.5, 0.6) is 5.75 Å². The summed E-state index contributed by atoms with van der Waals surface area (Å²) < 4.78 is 5.05. The molecular weight excluding hydrogens is 452 g/mol. The molecule has 1 aliphatic heterocycles. The number of anilines is 1. The molecule has 1 saturated heterocycles. The molecule has 0 aromatic heterocycles. The third kappa shape index (κ3) is 11.5. The number of phenols is 1. The van der Waals surface area contributed by atoms with Crippen molar-refractivity contribution >= 4 is 35.0 Å². The van der Waals surface area contributed by atoms with Gasteiger partial charge in [0.1, 0.15) is 11.9 Å². The first kappa shape index (κ1) is 28.1. The van der Waals surface area contributed by atoms with Crippen LogP contribution in [0, 0.1) is 18.3 Å². The van der Waals surface area contributed by atoms with Crippen LogP contribution < -0.4 is 10.6 Å². The van der Waals surface area contributed by atoms with Gasteiger partial charge in [-0.25, -0.2) is 0 Å². The van der Waals surface area contributed by atoms with Gasteiger partial charge in [0, 0.05) is 25.1 Å². The molecule has 0 bridgehead atoms. The van der Waals surface area contributed by atoms with Gasteiger partial charge in [0.05, 0.1) is 18.8 Å². The first-order chi connectivity index (χ1) is 15.6. The second kappa shape index (κ2) is 15.0. The van der Waals surface area contributed by atoms with Gasteiger partial charge in [0.25, 0.3) is 0 Å². The molecule has 1 aromatic rings. The van der Waals surface area contributed by atoms with Gasteiger partial charge >= 0.3 is 11.9 Å². The van der Waals surface area contributed by atoms with Crippen molar-refractivity contribution in [2.75, 3.05) is 18.5 Å². The third-order valence-electron chi connectivity index (χ3n) is 4.70. The van der Waals surface area contributed by atoms with E-state index in [0.717, 1.165) is 31.5 Å². The number of aliphatic carboxylic acids is 2. The Kier molecular flexibility index (Phi) is 12.8. The van der Waals surface area contributed by atoms with E-state index < -0.39 is 36.2 Å². The number of ether oxygens (including phenoxy) is 1. The minimum atomic E-state index is -1.55. The molecule has 2 rings (SSSR count). The summed E-state index contributed by atoms with van der Waals surface area (Å²) in [6, 6.07) is 6.75. The zero-order chi connectivity index (χ0) is 24.8. The van der Waals surface area contributed by atoms with E-state index in [-0.39, 0.29) is 25.2 Å². The second-order valence-corrected chi connectivity index (χ2v) is 7.79. The van der Waals surface area contributed by atoms with Crippen LogP contribution in [-0.2, 0) is 14.3 Å². The van der Waals surface area contributed by atoms with Gasteiger partial charge in [-0.15, -0.1) is 12.3 Å². The molecular formula is C22H30N2O8S. The number of aromatic hydroxyl groups is 1. The lowest BCUT2D eigenvalue weighted by molar-refractivity contribution is -0.161. The summed E-state index contributed by atoms with van der Waals surface area (Å²) in [5.74, 6) is -1.58. The zero-order valence-corrected chi connectivity index (χ0v) is 18.8. The van der Waals surface area contributed by atoms with Crippen molar-refractivity contribution in [2.45, 2.75) is 50.4 Å². The summed E-state index contributed by atoms with van der Waals surface area (Å²) in [5, 5.41) is 51.6. The van der Waals surface area contributed by atoms with E-state index in [1.807, 2.05) is 0 Å². The maximum atomic E-state index is 10.6. The number of nitrogens with one attached hydrogen (secondary N) is 2. The van der Waals surface area contributed by atoms with Gasteiger partial charge in [0.15, 0.2) is 11.0 Å². The Morgan fingerprint density at radius 3 is 2.33 bits per heavy atom. The van der Waals surface area contributed by atoms with E-state index in [2.05, 4.69) is 16.6 Å². The predicted octanol–water partition coefficient (Wildman–Crippen LogP) is 1.15. The molecule has 10 nitrogen and oxygen atoms in total. The minimum Gasteiger partial charge on any atom is -0.508 e. The average Bonchev–Trinajstić information content (AvgIpc) is 2.76.